The van der Waals surface area contributed by atoms with E-state index < -0.39 is 24.4 Å². The Morgan fingerprint density at radius 3 is 2.45 bits per heavy atom. The zero-order chi connectivity index (χ0) is 27.8. The molecule has 0 aliphatic heterocycles. The number of rotatable bonds is 8. The Morgan fingerprint density at radius 2 is 1.79 bits per heavy atom. The van der Waals surface area contributed by atoms with Crippen molar-refractivity contribution in [1.29, 1.82) is 0 Å². The van der Waals surface area contributed by atoms with Gasteiger partial charge in [-0.2, -0.15) is 26.3 Å². The Bertz CT molecular complexity index is 1100. The predicted molar refractivity (Wildman–Crippen MR) is 132 cm³/mol. The summed E-state index contributed by atoms with van der Waals surface area (Å²) in [6.45, 7) is 4.75. The van der Waals surface area contributed by atoms with Crippen molar-refractivity contribution in [2.24, 2.45) is 23.2 Å². The third kappa shape index (κ3) is 5.51. The summed E-state index contributed by atoms with van der Waals surface area (Å²) < 4.78 is 80.1. The van der Waals surface area contributed by atoms with E-state index >= 15 is 0 Å². The maximum absolute atomic E-state index is 13.0. The van der Waals surface area contributed by atoms with Crippen molar-refractivity contribution in [1.82, 2.24) is 15.0 Å². The van der Waals surface area contributed by atoms with Gasteiger partial charge in [0, 0.05) is 5.56 Å². The molecule has 4 atom stereocenters. The number of fused-ring (bicyclic) bond motifs is 1. The highest BCUT2D eigenvalue weighted by Crippen LogP contribution is 2.60. The fourth-order valence-corrected chi connectivity index (χ4v) is 6.92. The monoisotopic (exact) mass is 543 g/mol. The number of hydrogen-bond acceptors (Lipinski definition) is 3. The Kier molecular flexibility index (Phi) is 8.04. The fraction of sp³-hybridized carbons (Fsp3) is 0.643. The first-order valence-corrected chi connectivity index (χ1v) is 13.3. The van der Waals surface area contributed by atoms with Crippen LogP contribution < -0.4 is 0 Å². The number of aliphatic hydroxyl groups is 1. The van der Waals surface area contributed by atoms with E-state index in [1.807, 2.05) is 43.5 Å². The van der Waals surface area contributed by atoms with Crippen LogP contribution in [0.15, 0.2) is 48.2 Å². The first-order chi connectivity index (χ1) is 17.8. The highest BCUT2D eigenvalue weighted by molar-refractivity contribution is 5.57. The molecule has 0 radical (unpaired) electrons. The number of aromatic nitrogens is 3. The Hall–Kier alpha value is -2.36. The highest BCUT2D eigenvalue weighted by Gasteiger charge is 2.69. The van der Waals surface area contributed by atoms with Gasteiger partial charge in [-0.1, -0.05) is 67.5 Å². The highest BCUT2D eigenvalue weighted by atomic mass is 19.4. The number of halogens is 6. The molecule has 2 aromatic rings. The molecule has 2 fully saturated rings. The van der Waals surface area contributed by atoms with Gasteiger partial charge in [0.15, 0.2) is 0 Å². The molecule has 38 heavy (non-hydrogen) atoms. The van der Waals surface area contributed by atoms with Gasteiger partial charge in [-0.05, 0) is 68.1 Å². The largest absolute Gasteiger partial charge is 0.426 e. The van der Waals surface area contributed by atoms with Crippen molar-refractivity contribution in [3.8, 4) is 11.3 Å². The number of nitrogens with zero attached hydrogens (tertiary/aromatic N) is 3. The lowest BCUT2D eigenvalue weighted by atomic mass is 9.60. The van der Waals surface area contributed by atoms with Crippen LogP contribution in [0.3, 0.4) is 0 Å². The molecule has 0 bridgehead atoms. The molecule has 2 aliphatic rings. The average Bonchev–Trinajstić information content (AvgIpc) is 3.46. The molecule has 1 aromatic carbocycles. The van der Waals surface area contributed by atoms with Crippen molar-refractivity contribution in [2.45, 2.75) is 89.7 Å². The van der Waals surface area contributed by atoms with Crippen LogP contribution in [0, 0.1) is 23.2 Å². The maximum atomic E-state index is 13.0. The second kappa shape index (κ2) is 10.7. The van der Waals surface area contributed by atoms with Crippen molar-refractivity contribution in [3.63, 3.8) is 0 Å². The van der Waals surface area contributed by atoms with Gasteiger partial charge in [-0.3, -0.25) is 0 Å². The van der Waals surface area contributed by atoms with Crippen molar-refractivity contribution < 1.29 is 31.4 Å². The summed E-state index contributed by atoms with van der Waals surface area (Å²) in [5.74, 6) is 0.499. The van der Waals surface area contributed by atoms with E-state index in [1.54, 1.807) is 4.68 Å². The zero-order valence-electron chi connectivity index (χ0n) is 21.7. The van der Waals surface area contributed by atoms with E-state index in [2.05, 4.69) is 23.3 Å². The minimum Gasteiger partial charge on any atom is -0.374 e. The molecular weight excluding hydrogens is 508 g/mol. The molecule has 1 N–H and O–H groups in total. The molecule has 1 heterocycles. The van der Waals surface area contributed by atoms with E-state index in [0.29, 0.717) is 12.5 Å². The van der Waals surface area contributed by atoms with Gasteiger partial charge >= 0.3 is 12.4 Å². The minimum atomic E-state index is -5.76. The third-order valence-electron chi connectivity index (χ3n) is 9.01. The predicted octanol–water partition coefficient (Wildman–Crippen LogP) is 7.75. The molecule has 0 unspecified atom stereocenters. The summed E-state index contributed by atoms with van der Waals surface area (Å²) in [4.78, 5) is 0. The van der Waals surface area contributed by atoms with Gasteiger partial charge in [0.25, 0.3) is 5.60 Å². The van der Waals surface area contributed by atoms with Crippen LogP contribution in [0.2, 0.25) is 0 Å². The maximum Gasteiger partial charge on any atom is 0.426 e. The minimum absolute atomic E-state index is 0.0428. The van der Waals surface area contributed by atoms with Gasteiger partial charge in [0.05, 0.1) is 12.7 Å². The van der Waals surface area contributed by atoms with Crippen molar-refractivity contribution >= 4 is 0 Å². The Labute approximate surface area is 219 Å². The number of alkyl halides is 6. The molecule has 0 saturated heterocycles. The lowest BCUT2D eigenvalue weighted by Crippen LogP contribution is -2.56. The molecule has 0 spiro atoms. The average molecular weight is 544 g/mol. The standard InChI is InChI=1S/C28H35F6N3O/c1-19(8-6-16-26(38,27(29,30)31)28(32,33)34)22-12-13-23-20(11-7-15-25(22,23)2)14-17-37-18-24(35-36-37)21-9-4-3-5-10-21/h3-5,9-10,14,18-19,22-23,38H,6-8,11-13,15-17H2,1-2H3/b20-14+/t19-,22-,23+,25-/m1/s1. The number of hydrogen-bond donors (Lipinski definition) is 1. The SMILES string of the molecule is C[C@H](CCCC(O)(C(F)(F)F)C(F)(F)F)[C@H]1CC[C@H]2/C(=C/Cn3cc(-c4ccccc4)nn3)CCC[C@]12C. The van der Waals surface area contributed by atoms with E-state index in [-0.39, 0.29) is 30.1 Å². The molecule has 2 aliphatic carbocycles. The number of allylic oxidation sites excluding steroid dienone is 2. The van der Waals surface area contributed by atoms with Crippen LogP contribution in [-0.2, 0) is 6.54 Å². The topological polar surface area (TPSA) is 50.9 Å². The second-order valence-electron chi connectivity index (χ2n) is 11.3. The molecule has 10 heteroatoms. The van der Waals surface area contributed by atoms with Gasteiger partial charge in [-0.15, -0.1) is 5.10 Å². The summed E-state index contributed by atoms with van der Waals surface area (Å²) in [5.41, 5.74) is -1.56. The van der Waals surface area contributed by atoms with E-state index in [1.165, 1.54) is 5.57 Å². The molecule has 1 aromatic heterocycles. The van der Waals surface area contributed by atoms with Crippen molar-refractivity contribution in [2.75, 3.05) is 0 Å². The van der Waals surface area contributed by atoms with Crippen molar-refractivity contribution in [3.05, 3.63) is 48.2 Å². The van der Waals surface area contributed by atoms with E-state index in [0.717, 1.165) is 43.4 Å². The summed E-state index contributed by atoms with van der Waals surface area (Å²) in [7, 11) is 0. The second-order valence-corrected chi connectivity index (χ2v) is 11.3. The number of benzene rings is 1. The van der Waals surface area contributed by atoms with Gasteiger partial charge in [0.2, 0.25) is 0 Å². The lowest BCUT2D eigenvalue weighted by Gasteiger charge is -2.44. The smallest absolute Gasteiger partial charge is 0.374 e. The van der Waals surface area contributed by atoms with E-state index in [9.17, 15) is 31.4 Å². The summed E-state index contributed by atoms with van der Waals surface area (Å²) in [6, 6.07) is 9.80. The van der Waals surface area contributed by atoms with Crippen LogP contribution >= 0.6 is 0 Å². The summed E-state index contributed by atoms with van der Waals surface area (Å²) in [5, 5.41) is 18.0. The molecule has 2 saturated carbocycles. The van der Waals surface area contributed by atoms with Crippen LogP contribution in [0.1, 0.15) is 65.2 Å². The molecule has 4 nitrogen and oxygen atoms in total. The first-order valence-electron chi connectivity index (χ1n) is 13.3. The molecule has 210 valence electrons. The van der Waals surface area contributed by atoms with Crippen LogP contribution in [0.5, 0.6) is 0 Å². The molecular formula is C28H35F6N3O. The first kappa shape index (κ1) is 28.6. The zero-order valence-corrected chi connectivity index (χ0v) is 21.7. The van der Waals surface area contributed by atoms with Gasteiger partial charge in [0.1, 0.15) is 5.69 Å². The van der Waals surface area contributed by atoms with Crippen LogP contribution in [0.25, 0.3) is 11.3 Å². The summed E-state index contributed by atoms with van der Waals surface area (Å²) >= 11 is 0. The van der Waals surface area contributed by atoms with Crippen LogP contribution in [0.4, 0.5) is 26.3 Å². The summed E-state index contributed by atoms with van der Waals surface area (Å²) in [6.07, 6.45) is -4.07. The molecule has 4 rings (SSSR count). The Balaban J connectivity index is 1.39. The normalized spacial score (nSPS) is 26.5. The third-order valence-corrected chi connectivity index (χ3v) is 9.01. The molecule has 0 amide bonds. The fourth-order valence-electron chi connectivity index (χ4n) is 6.92. The van der Waals surface area contributed by atoms with Gasteiger partial charge in [-0.25, -0.2) is 4.68 Å². The Morgan fingerprint density at radius 1 is 1.11 bits per heavy atom. The quantitative estimate of drug-likeness (QED) is 0.274. The van der Waals surface area contributed by atoms with E-state index in [4.69, 9.17) is 0 Å². The lowest BCUT2D eigenvalue weighted by molar-refractivity contribution is -0.370. The van der Waals surface area contributed by atoms with Crippen LogP contribution in [-0.4, -0.2) is 38.1 Å². The van der Waals surface area contributed by atoms with Gasteiger partial charge < -0.3 is 5.11 Å².